The van der Waals surface area contributed by atoms with E-state index in [4.69, 9.17) is 4.74 Å². The number of hydrogen-bond acceptors (Lipinski definition) is 5. The lowest BCUT2D eigenvalue weighted by molar-refractivity contribution is -0.113. The lowest BCUT2D eigenvalue weighted by Gasteiger charge is -2.40. The topological polar surface area (TPSA) is 45.1 Å². The van der Waals surface area contributed by atoms with E-state index in [0.717, 1.165) is 42.7 Å². The fourth-order valence-electron chi connectivity index (χ4n) is 4.57. The summed E-state index contributed by atoms with van der Waals surface area (Å²) in [4.78, 5) is 22.4. The first-order chi connectivity index (χ1) is 17.2. The van der Waals surface area contributed by atoms with E-state index in [0.29, 0.717) is 11.5 Å². The molecule has 1 fully saturated rings. The Morgan fingerprint density at radius 1 is 0.886 bits per heavy atom. The first-order valence-corrected chi connectivity index (χ1v) is 12.9. The van der Waals surface area contributed by atoms with Crippen LogP contribution in [0.2, 0.25) is 0 Å². The minimum atomic E-state index is -0.159. The Morgan fingerprint density at radius 2 is 1.49 bits per heavy atom. The Hall–Kier alpha value is -3.35. The maximum absolute atomic E-state index is 12.6. The van der Waals surface area contributed by atoms with Gasteiger partial charge in [-0.3, -0.25) is 9.69 Å². The normalized spacial score (nSPS) is 17.8. The molecule has 3 aromatic rings. The van der Waals surface area contributed by atoms with Gasteiger partial charge in [-0.05, 0) is 53.6 Å². The minimum Gasteiger partial charge on any atom is -0.494 e. The van der Waals surface area contributed by atoms with E-state index in [1.54, 1.807) is 0 Å². The van der Waals surface area contributed by atoms with Crippen LogP contribution < -0.4 is 4.74 Å². The number of benzene rings is 3. The van der Waals surface area contributed by atoms with E-state index in [1.807, 2.05) is 37.3 Å². The molecule has 0 aliphatic carbocycles. The number of ether oxygens (including phenoxy) is 1. The van der Waals surface area contributed by atoms with Crippen LogP contribution in [0, 0.1) is 0 Å². The zero-order valence-corrected chi connectivity index (χ0v) is 20.7. The van der Waals surface area contributed by atoms with Gasteiger partial charge in [-0.15, -0.1) is 0 Å². The van der Waals surface area contributed by atoms with Crippen molar-refractivity contribution >= 4 is 28.9 Å². The van der Waals surface area contributed by atoms with Crippen molar-refractivity contribution in [2.24, 2.45) is 4.99 Å². The second-order valence-corrected chi connectivity index (χ2v) is 9.57. The van der Waals surface area contributed by atoms with Gasteiger partial charge >= 0.3 is 0 Å². The van der Waals surface area contributed by atoms with Crippen LogP contribution in [0.25, 0.3) is 6.08 Å². The van der Waals surface area contributed by atoms with E-state index in [-0.39, 0.29) is 11.9 Å². The molecular weight excluding hydrogens is 454 g/mol. The molecule has 3 aromatic carbocycles. The molecule has 1 amide bonds. The molecular formula is C29H29N3O2S. The number of nitrogens with zero attached hydrogens (tertiary/aromatic N) is 3. The van der Waals surface area contributed by atoms with E-state index in [1.165, 1.54) is 22.9 Å². The Labute approximate surface area is 211 Å². The molecule has 2 heterocycles. The van der Waals surface area contributed by atoms with E-state index < -0.39 is 0 Å². The molecule has 2 aliphatic heterocycles. The number of rotatable bonds is 6. The van der Waals surface area contributed by atoms with Gasteiger partial charge in [-0.2, -0.15) is 4.99 Å². The first-order valence-electron chi connectivity index (χ1n) is 12.1. The van der Waals surface area contributed by atoms with Gasteiger partial charge in [0.1, 0.15) is 5.75 Å². The average molecular weight is 484 g/mol. The van der Waals surface area contributed by atoms with Gasteiger partial charge in [0.15, 0.2) is 5.17 Å². The van der Waals surface area contributed by atoms with Crippen LogP contribution in [0.15, 0.2) is 94.8 Å². The van der Waals surface area contributed by atoms with Crippen LogP contribution >= 0.6 is 11.8 Å². The van der Waals surface area contributed by atoms with Crippen LogP contribution in [0.1, 0.15) is 29.7 Å². The number of piperazine rings is 1. The van der Waals surface area contributed by atoms with Crippen LogP contribution in [-0.4, -0.2) is 53.7 Å². The minimum absolute atomic E-state index is 0.159. The molecule has 0 N–H and O–H groups in total. The summed E-state index contributed by atoms with van der Waals surface area (Å²) in [5.41, 5.74) is 3.57. The van der Waals surface area contributed by atoms with Crippen molar-refractivity contribution in [3.8, 4) is 5.75 Å². The maximum atomic E-state index is 12.6. The Balaban J connectivity index is 1.25. The Morgan fingerprint density at radius 3 is 2.06 bits per heavy atom. The third kappa shape index (κ3) is 5.50. The summed E-state index contributed by atoms with van der Waals surface area (Å²) >= 11 is 1.47. The van der Waals surface area contributed by atoms with E-state index in [2.05, 4.69) is 75.5 Å². The molecule has 178 valence electrons. The van der Waals surface area contributed by atoms with Crippen molar-refractivity contribution in [3.05, 3.63) is 107 Å². The molecule has 0 saturated carbocycles. The summed E-state index contributed by atoms with van der Waals surface area (Å²) in [5.74, 6) is 0.673. The molecule has 2 aliphatic rings. The molecule has 0 unspecified atom stereocenters. The fourth-order valence-corrected chi connectivity index (χ4v) is 5.53. The first kappa shape index (κ1) is 23.4. The summed E-state index contributed by atoms with van der Waals surface area (Å²) in [6.07, 6.45) is 1.91. The molecule has 35 heavy (non-hydrogen) atoms. The predicted octanol–water partition coefficient (Wildman–Crippen LogP) is 5.46. The highest BCUT2D eigenvalue weighted by Crippen LogP contribution is 2.33. The zero-order chi connectivity index (χ0) is 24.0. The molecule has 0 spiro atoms. The monoisotopic (exact) mass is 483 g/mol. The van der Waals surface area contributed by atoms with Crippen LogP contribution in [0.3, 0.4) is 0 Å². The SMILES string of the molecule is CCOc1ccc(/C=C2\SC(N3CCN(C(c4ccccc4)c4ccccc4)CC3)=NC2=O)cc1. The quantitative estimate of drug-likeness (QED) is 0.436. The fraction of sp³-hybridized carbons (Fsp3) is 0.241. The molecule has 0 bridgehead atoms. The smallest absolute Gasteiger partial charge is 0.286 e. The lowest BCUT2D eigenvalue weighted by Crippen LogP contribution is -2.49. The lowest BCUT2D eigenvalue weighted by atomic mass is 9.96. The van der Waals surface area contributed by atoms with Gasteiger partial charge in [-0.25, -0.2) is 0 Å². The standard InChI is InChI=1S/C29H29N3O2S/c1-2-34-25-15-13-22(14-16-25)21-26-28(33)30-29(35-26)32-19-17-31(18-20-32)27(23-9-5-3-6-10-23)24-11-7-4-8-12-24/h3-16,21,27H,2,17-20H2,1H3/b26-21-. The molecule has 1 saturated heterocycles. The van der Waals surface area contributed by atoms with Gasteiger partial charge in [0.05, 0.1) is 17.6 Å². The van der Waals surface area contributed by atoms with Crippen molar-refractivity contribution in [1.82, 2.24) is 9.80 Å². The van der Waals surface area contributed by atoms with Gasteiger partial charge in [-0.1, -0.05) is 72.8 Å². The molecule has 6 heteroatoms. The predicted molar refractivity (Wildman–Crippen MR) is 143 cm³/mol. The molecule has 5 nitrogen and oxygen atoms in total. The van der Waals surface area contributed by atoms with Crippen LogP contribution in [0.4, 0.5) is 0 Å². The molecule has 0 radical (unpaired) electrons. The average Bonchev–Trinajstić information content (AvgIpc) is 3.27. The highest BCUT2D eigenvalue weighted by molar-refractivity contribution is 8.18. The van der Waals surface area contributed by atoms with Crippen molar-refractivity contribution < 1.29 is 9.53 Å². The van der Waals surface area contributed by atoms with Crippen molar-refractivity contribution in [3.63, 3.8) is 0 Å². The number of hydrogen-bond donors (Lipinski definition) is 0. The summed E-state index contributed by atoms with van der Waals surface area (Å²) in [7, 11) is 0. The summed E-state index contributed by atoms with van der Waals surface area (Å²) in [6, 6.07) is 29.4. The highest BCUT2D eigenvalue weighted by atomic mass is 32.2. The van der Waals surface area contributed by atoms with Crippen LogP contribution in [-0.2, 0) is 4.79 Å². The third-order valence-electron chi connectivity index (χ3n) is 6.28. The highest BCUT2D eigenvalue weighted by Gasteiger charge is 2.31. The summed E-state index contributed by atoms with van der Waals surface area (Å²) in [5, 5.41) is 0.808. The number of carbonyl (C=O) groups is 1. The van der Waals surface area contributed by atoms with Crippen molar-refractivity contribution in [1.29, 1.82) is 0 Å². The van der Waals surface area contributed by atoms with Gasteiger partial charge in [0.25, 0.3) is 5.91 Å². The summed E-state index contributed by atoms with van der Waals surface area (Å²) < 4.78 is 5.50. The second kappa shape index (κ2) is 10.9. The number of carbonyl (C=O) groups excluding carboxylic acids is 1. The Kier molecular flexibility index (Phi) is 7.31. The van der Waals surface area contributed by atoms with Gasteiger partial charge in [0.2, 0.25) is 0 Å². The van der Waals surface area contributed by atoms with Gasteiger partial charge < -0.3 is 9.64 Å². The molecule has 5 rings (SSSR count). The van der Waals surface area contributed by atoms with E-state index in [9.17, 15) is 4.79 Å². The van der Waals surface area contributed by atoms with E-state index >= 15 is 0 Å². The number of thioether (sulfide) groups is 1. The number of amidine groups is 1. The Bertz CT molecular complexity index is 1160. The van der Waals surface area contributed by atoms with Crippen molar-refractivity contribution in [2.45, 2.75) is 13.0 Å². The molecule has 0 atom stereocenters. The zero-order valence-electron chi connectivity index (χ0n) is 19.8. The third-order valence-corrected chi connectivity index (χ3v) is 7.32. The van der Waals surface area contributed by atoms with Gasteiger partial charge in [0, 0.05) is 26.2 Å². The van der Waals surface area contributed by atoms with Crippen molar-refractivity contribution in [2.75, 3.05) is 32.8 Å². The molecule has 0 aromatic heterocycles. The second-order valence-electron chi connectivity index (χ2n) is 8.56. The number of aliphatic imine (C=N–C) groups is 1. The number of amides is 1. The van der Waals surface area contributed by atoms with Crippen LogP contribution in [0.5, 0.6) is 5.75 Å². The summed E-state index contributed by atoms with van der Waals surface area (Å²) in [6.45, 7) is 6.08. The maximum Gasteiger partial charge on any atom is 0.286 e. The largest absolute Gasteiger partial charge is 0.494 e.